The van der Waals surface area contributed by atoms with Crippen LogP contribution in [0.25, 0.3) is 0 Å². The Kier molecular flexibility index (Phi) is 5.09. The molecular weight excluding hydrogens is 240 g/mol. The van der Waals surface area contributed by atoms with Crippen LogP contribution in [0.3, 0.4) is 0 Å². The lowest BCUT2D eigenvalue weighted by Crippen LogP contribution is -2.45. The van der Waals surface area contributed by atoms with Gasteiger partial charge in [-0.3, -0.25) is 4.79 Å². The molecule has 1 atom stereocenters. The molecule has 1 amide bonds. The third kappa shape index (κ3) is 4.33. The predicted molar refractivity (Wildman–Crippen MR) is 76.7 cm³/mol. The summed E-state index contributed by atoms with van der Waals surface area (Å²) in [4.78, 5) is 11.6. The van der Waals surface area contributed by atoms with Gasteiger partial charge in [-0.1, -0.05) is 30.3 Å². The molecule has 4 nitrogen and oxygen atoms in total. The number of amides is 1. The summed E-state index contributed by atoms with van der Waals surface area (Å²) in [5.41, 5.74) is -0.582. The fourth-order valence-corrected chi connectivity index (χ4v) is 1.94. The van der Waals surface area contributed by atoms with Crippen LogP contribution in [0.2, 0.25) is 0 Å². The number of carbonyl (C=O) groups excluding carboxylic acids is 1. The molecule has 106 valence electrons. The fourth-order valence-electron chi connectivity index (χ4n) is 1.94. The lowest BCUT2D eigenvalue weighted by atomic mass is 9.91. The SMILES string of the molecule is CNC(=O)C(C)(C)CNCC(C)(O)c1ccccc1. The molecule has 0 radical (unpaired) electrons. The molecule has 0 aliphatic carbocycles. The topological polar surface area (TPSA) is 61.4 Å². The zero-order chi connectivity index (χ0) is 14.5. The first-order chi connectivity index (χ1) is 8.79. The first-order valence-corrected chi connectivity index (χ1v) is 6.50. The van der Waals surface area contributed by atoms with Crippen molar-refractivity contribution in [3.63, 3.8) is 0 Å². The highest BCUT2D eigenvalue weighted by atomic mass is 16.3. The van der Waals surface area contributed by atoms with Crippen molar-refractivity contribution >= 4 is 5.91 Å². The lowest BCUT2D eigenvalue weighted by molar-refractivity contribution is -0.128. The Labute approximate surface area is 115 Å². The van der Waals surface area contributed by atoms with Crippen LogP contribution in [0, 0.1) is 5.41 Å². The number of hydrogen-bond donors (Lipinski definition) is 3. The minimum absolute atomic E-state index is 0.0145. The van der Waals surface area contributed by atoms with E-state index in [0.29, 0.717) is 13.1 Å². The molecule has 0 heterocycles. The summed E-state index contributed by atoms with van der Waals surface area (Å²) in [5.74, 6) is -0.0145. The molecule has 3 N–H and O–H groups in total. The van der Waals surface area contributed by atoms with Crippen molar-refractivity contribution in [2.24, 2.45) is 5.41 Å². The molecule has 19 heavy (non-hydrogen) atoms. The summed E-state index contributed by atoms with van der Waals surface area (Å²) in [6.45, 7) is 6.42. The van der Waals surface area contributed by atoms with E-state index in [4.69, 9.17) is 0 Å². The van der Waals surface area contributed by atoms with Gasteiger partial charge in [0, 0.05) is 20.1 Å². The third-order valence-corrected chi connectivity index (χ3v) is 3.27. The van der Waals surface area contributed by atoms with Crippen LogP contribution in [0.15, 0.2) is 30.3 Å². The minimum Gasteiger partial charge on any atom is -0.384 e. The smallest absolute Gasteiger partial charge is 0.226 e. The predicted octanol–water partition coefficient (Wildman–Crippen LogP) is 1.26. The van der Waals surface area contributed by atoms with Crippen molar-refractivity contribution in [1.29, 1.82) is 0 Å². The molecule has 0 saturated heterocycles. The highest BCUT2D eigenvalue weighted by Crippen LogP contribution is 2.20. The monoisotopic (exact) mass is 264 g/mol. The highest BCUT2D eigenvalue weighted by Gasteiger charge is 2.28. The summed E-state index contributed by atoms with van der Waals surface area (Å²) in [7, 11) is 1.63. The Hall–Kier alpha value is -1.39. The van der Waals surface area contributed by atoms with E-state index in [0.717, 1.165) is 5.56 Å². The second-order valence-electron chi connectivity index (χ2n) is 5.71. The summed E-state index contributed by atoms with van der Waals surface area (Å²) < 4.78 is 0. The van der Waals surface area contributed by atoms with Gasteiger partial charge in [0.15, 0.2) is 0 Å². The van der Waals surface area contributed by atoms with Crippen LogP contribution >= 0.6 is 0 Å². The number of nitrogens with one attached hydrogen (secondary N) is 2. The molecule has 1 aromatic carbocycles. The van der Waals surface area contributed by atoms with Gasteiger partial charge >= 0.3 is 0 Å². The zero-order valence-electron chi connectivity index (χ0n) is 12.2. The molecule has 4 heteroatoms. The van der Waals surface area contributed by atoms with Gasteiger partial charge in [0.2, 0.25) is 5.91 Å². The first-order valence-electron chi connectivity index (χ1n) is 6.50. The van der Waals surface area contributed by atoms with Crippen molar-refractivity contribution < 1.29 is 9.90 Å². The molecule has 0 aliphatic rings. The van der Waals surface area contributed by atoms with Crippen molar-refractivity contribution in [3.8, 4) is 0 Å². The van der Waals surface area contributed by atoms with Gasteiger partial charge < -0.3 is 15.7 Å². The van der Waals surface area contributed by atoms with Gasteiger partial charge in [-0.05, 0) is 26.3 Å². The fraction of sp³-hybridized carbons (Fsp3) is 0.533. The van der Waals surface area contributed by atoms with Crippen molar-refractivity contribution in [3.05, 3.63) is 35.9 Å². The van der Waals surface area contributed by atoms with Gasteiger partial charge in [0.1, 0.15) is 0 Å². The van der Waals surface area contributed by atoms with Crippen LogP contribution in [0.1, 0.15) is 26.3 Å². The van der Waals surface area contributed by atoms with E-state index in [2.05, 4.69) is 10.6 Å². The lowest BCUT2D eigenvalue weighted by Gasteiger charge is -2.28. The number of benzene rings is 1. The summed E-state index contributed by atoms with van der Waals surface area (Å²) in [5, 5.41) is 16.2. The molecule has 0 spiro atoms. The minimum atomic E-state index is -0.944. The number of aliphatic hydroxyl groups is 1. The van der Waals surface area contributed by atoms with Crippen LogP contribution in [0.4, 0.5) is 0 Å². The average Bonchev–Trinajstić information content (AvgIpc) is 2.38. The molecule has 0 saturated carbocycles. The van der Waals surface area contributed by atoms with E-state index in [-0.39, 0.29) is 5.91 Å². The maximum atomic E-state index is 11.6. The zero-order valence-corrected chi connectivity index (χ0v) is 12.2. The van der Waals surface area contributed by atoms with E-state index >= 15 is 0 Å². The number of carbonyl (C=O) groups is 1. The highest BCUT2D eigenvalue weighted by molar-refractivity contribution is 5.81. The molecule has 0 aromatic heterocycles. The second-order valence-corrected chi connectivity index (χ2v) is 5.71. The van der Waals surface area contributed by atoms with Crippen LogP contribution in [-0.2, 0) is 10.4 Å². The van der Waals surface area contributed by atoms with E-state index in [9.17, 15) is 9.90 Å². The molecule has 1 aromatic rings. The molecule has 1 unspecified atom stereocenters. The molecule has 0 bridgehead atoms. The first kappa shape index (κ1) is 15.7. The van der Waals surface area contributed by atoms with E-state index in [1.165, 1.54) is 0 Å². The third-order valence-electron chi connectivity index (χ3n) is 3.27. The van der Waals surface area contributed by atoms with Crippen molar-refractivity contribution in [1.82, 2.24) is 10.6 Å². The molecular formula is C15H24N2O2. The Morgan fingerprint density at radius 1 is 1.16 bits per heavy atom. The summed E-state index contributed by atoms with van der Waals surface area (Å²) in [6.07, 6.45) is 0. The Bertz CT molecular complexity index is 413. The molecule has 0 aliphatic heterocycles. The Balaban J connectivity index is 2.55. The van der Waals surface area contributed by atoms with Gasteiger partial charge in [0.25, 0.3) is 0 Å². The Morgan fingerprint density at radius 3 is 2.26 bits per heavy atom. The van der Waals surface area contributed by atoms with E-state index in [1.807, 2.05) is 44.2 Å². The van der Waals surface area contributed by atoms with Crippen molar-refractivity contribution in [2.75, 3.05) is 20.1 Å². The van der Waals surface area contributed by atoms with Gasteiger partial charge in [0.05, 0.1) is 11.0 Å². The number of hydrogen-bond acceptors (Lipinski definition) is 3. The van der Waals surface area contributed by atoms with Gasteiger partial charge in [-0.2, -0.15) is 0 Å². The molecule has 1 rings (SSSR count). The maximum Gasteiger partial charge on any atom is 0.226 e. The standard InChI is InChI=1S/C15H24N2O2/c1-14(2,13(18)16-4)10-17-11-15(3,19)12-8-6-5-7-9-12/h5-9,17,19H,10-11H2,1-4H3,(H,16,18). The van der Waals surface area contributed by atoms with Crippen LogP contribution in [-0.4, -0.2) is 31.2 Å². The summed E-state index contributed by atoms with van der Waals surface area (Å²) in [6, 6.07) is 9.51. The second kappa shape index (κ2) is 6.17. The number of rotatable bonds is 6. The average molecular weight is 264 g/mol. The normalized spacial score (nSPS) is 14.8. The van der Waals surface area contributed by atoms with Gasteiger partial charge in [-0.25, -0.2) is 0 Å². The summed E-state index contributed by atoms with van der Waals surface area (Å²) >= 11 is 0. The quantitative estimate of drug-likeness (QED) is 0.725. The molecule has 0 fully saturated rings. The van der Waals surface area contributed by atoms with Crippen LogP contribution in [0.5, 0.6) is 0 Å². The maximum absolute atomic E-state index is 11.6. The van der Waals surface area contributed by atoms with E-state index < -0.39 is 11.0 Å². The van der Waals surface area contributed by atoms with Crippen LogP contribution < -0.4 is 10.6 Å². The largest absolute Gasteiger partial charge is 0.384 e. The Morgan fingerprint density at radius 2 is 1.74 bits per heavy atom. The van der Waals surface area contributed by atoms with Crippen molar-refractivity contribution in [2.45, 2.75) is 26.4 Å². The van der Waals surface area contributed by atoms with Gasteiger partial charge in [-0.15, -0.1) is 0 Å². The van der Waals surface area contributed by atoms with E-state index in [1.54, 1.807) is 14.0 Å².